The minimum atomic E-state index is -3.83. The number of allylic oxidation sites excluding steroid dienone is 1. The fourth-order valence-corrected chi connectivity index (χ4v) is 7.49. The van der Waals surface area contributed by atoms with E-state index in [0.29, 0.717) is 5.57 Å². The summed E-state index contributed by atoms with van der Waals surface area (Å²) in [6.07, 6.45) is 3.78. The summed E-state index contributed by atoms with van der Waals surface area (Å²) in [6.45, 7) is 4.46. The lowest BCUT2D eigenvalue weighted by Gasteiger charge is -2.20. The summed E-state index contributed by atoms with van der Waals surface area (Å²) in [6, 6.07) is 32.7. The minimum absolute atomic E-state index is 0.0255. The zero-order valence-corrected chi connectivity index (χ0v) is 26.4. The predicted molar refractivity (Wildman–Crippen MR) is 175 cm³/mol. The highest BCUT2D eigenvalue weighted by Crippen LogP contribution is 2.25. The maximum absolute atomic E-state index is 13.7. The number of hydrogen-bond acceptors (Lipinski definition) is 4. The number of rotatable bonds is 9. The van der Waals surface area contributed by atoms with Gasteiger partial charge in [0.15, 0.2) is 0 Å². The fraction of sp³-hybridized carbons (Fsp3) is 0.167. The quantitative estimate of drug-likeness (QED) is 0.208. The standard InChI is InChI=1S/C36H34N2O4S2/c1-29-15-19-35(20-16-29)43(39,40)37(27-31-10-5-3-6-11-31)24-9-14-34(33-12-7-4-8-13-33)26-32-23-25-38(28-32)44(41,42)36-21-17-30(2)18-22-36/h3-8,10-13,15-23,26H,24-25,27-28H2,1-2H3/b34-26-. The summed E-state index contributed by atoms with van der Waals surface area (Å²) in [5.74, 6) is 6.31. The molecule has 44 heavy (non-hydrogen) atoms. The fourth-order valence-electron chi connectivity index (χ4n) is 4.79. The van der Waals surface area contributed by atoms with Gasteiger partial charge in [-0.2, -0.15) is 8.61 Å². The zero-order valence-electron chi connectivity index (χ0n) is 24.7. The van der Waals surface area contributed by atoms with Gasteiger partial charge >= 0.3 is 0 Å². The molecular formula is C36H34N2O4S2. The Morgan fingerprint density at radius 3 is 1.95 bits per heavy atom. The Balaban J connectivity index is 1.42. The maximum Gasteiger partial charge on any atom is 0.244 e. The van der Waals surface area contributed by atoms with Crippen molar-refractivity contribution < 1.29 is 16.8 Å². The van der Waals surface area contributed by atoms with Crippen molar-refractivity contribution in [1.82, 2.24) is 8.61 Å². The van der Waals surface area contributed by atoms with E-state index in [0.717, 1.165) is 27.8 Å². The van der Waals surface area contributed by atoms with Gasteiger partial charge in [0.2, 0.25) is 20.0 Å². The van der Waals surface area contributed by atoms with Crippen LogP contribution in [0.3, 0.4) is 0 Å². The SMILES string of the molecule is Cc1ccc(S(=O)(=O)N2CC=C(/C=C(/C#CCN(Cc3ccccc3)S(=O)(=O)c3ccc(C)cc3)c3ccccc3)C2)cc1. The second-order valence-electron chi connectivity index (χ2n) is 10.7. The van der Waals surface area contributed by atoms with Crippen molar-refractivity contribution in [3.05, 3.63) is 149 Å². The van der Waals surface area contributed by atoms with Crippen molar-refractivity contribution >= 4 is 25.6 Å². The molecule has 1 aliphatic heterocycles. The molecule has 0 atom stereocenters. The summed E-state index contributed by atoms with van der Waals surface area (Å²) in [7, 11) is -7.48. The van der Waals surface area contributed by atoms with Gasteiger partial charge in [-0.1, -0.05) is 114 Å². The third-order valence-electron chi connectivity index (χ3n) is 7.33. The van der Waals surface area contributed by atoms with Gasteiger partial charge in [-0.05, 0) is 60.9 Å². The maximum atomic E-state index is 13.7. The Hall–Kier alpha value is -4.26. The van der Waals surface area contributed by atoms with Crippen LogP contribution in [0.4, 0.5) is 0 Å². The number of nitrogens with zero attached hydrogens (tertiary/aromatic N) is 2. The van der Waals surface area contributed by atoms with E-state index >= 15 is 0 Å². The Morgan fingerprint density at radius 2 is 1.34 bits per heavy atom. The molecule has 0 saturated carbocycles. The summed E-state index contributed by atoms with van der Waals surface area (Å²) < 4.78 is 56.8. The van der Waals surface area contributed by atoms with Crippen LogP contribution in [0.25, 0.3) is 5.57 Å². The van der Waals surface area contributed by atoms with Crippen LogP contribution in [0.1, 0.15) is 22.3 Å². The summed E-state index contributed by atoms with van der Waals surface area (Å²) in [5.41, 5.74) is 5.18. The van der Waals surface area contributed by atoms with E-state index in [-0.39, 0.29) is 36.0 Å². The molecule has 6 nitrogen and oxygen atoms in total. The molecule has 0 amide bonds. The van der Waals surface area contributed by atoms with E-state index in [1.165, 1.54) is 8.61 Å². The Labute approximate surface area is 261 Å². The molecule has 0 radical (unpaired) electrons. The molecule has 4 aromatic carbocycles. The Kier molecular flexibility index (Phi) is 9.62. The molecule has 1 heterocycles. The molecule has 0 aliphatic carbocycles. The van der Waals surface area contributed by atoms with E-state index < -0.39 is 20.0 Å². The first-order chi connectivity index (χ1) is 21.1. The number of benzene rings is 4. The van der Waals surface area contributed by atoms with Gasteiger partial charge < -0.3 is 0 Å². The highest BCUT2D eigenvalue weighted by Gasteiger charge is 2.28. The Bertz CT molecular complexity index is 1940. The monoisotopic (exact) mass is 622 g/mol. The van der Waals surface area contributed by atoms with Crippen LogP contribution < -0.4 is 0 Å². The molecule has 8 heteroatoms. The molecule has 0 N–H and O–H groups in total. The van der Waals surface area contributed by atoms with Gasteiger partial charge in [-0.25, -0.2) is 16.8 Å². The molecule has 0 spiro atoms. The van der Waals surface area contributed by atoms with Crippen LogP contribution in [0.2, 0.25) is 0 Å². The van der Waals surface area contributed by atoms with Crippen LogP contribution >= 0.6 is 0 Å². The van der Waals surface area contributed by atoms with Crippen molar-refractivity contribution in [2.75, 3.05) is 19.6 Å². The summed E-state index contributed by atoms with van der Waals surface area (Å²) >= 11 is 0. The lowest BCUT2D eigenvalue weighted by molar-refractivity contribution is 0.443. The number of hydrogen-bond donors (Lipinski definition) is 0. The third-order valence-corrected chi connectivity index (χ3v) is 11.0. The van der Waals surface area contributed by atoms with Crippen molar-refractivity contribution in [1.29, 1.82) is 0 Å². The summed E-state index contributed by atoms with van der Waals surface area (Å²) in [5, 5.41) is 0. The van der Waals surface area contributed by atoms with Crippen LogP contribution in [-0.2, 0) is 26.6 Å². The normalized spacial score (nSPS) is 14.2. The first-order valence-electron chi connectivity index (χ1n) is 14.3. The van der Waals surface area contributed by atoms with E-state index in [1.807, 2.05) is 86.7 Å². The highest BCUT2D eigenvalue weighted by molar-refractivity contribution is 7.89. The minimum Gasteiger partial charge on any atom is -0.207 e. The van der Waals surface area contributed by atoms with Crippen molar-refractivity contribution in [3.63, 3.8) is 0 Å². The predicted octanol–water partition coefficient (Wildman–Crippen LogP) is 6.21. The average Bonchev–Trinajstić information content (AvgIpc) is 3.51. The lowest BCUT2D eigenvalue weighted by atomic mass is 10.0. The average molecular weight is 623 g/mol. The zero-order chi connectivity index (χ0) is 31.2. The van der Waals surface area contributed by atoms with Crippen LogP contribution in [0.15, 0.2) is 137 Å². The van der Waals surface area contributed by atoms with Gasteiger partial charge in [0.05, 0.1) is 16.3 Å². The highest BCUT2D eigenvalue weighted by atomic mass is 32.2. The van der Waals surface area contributed by atoms with Gasteiger partial charge in [-0.15, -0.1) is 0 Å². The first kappa shape index (κ1) is 31.2. The van der Waals surface area contributed by atoms with Gasteiger partial charge in [0, 0.05) is 25.2 Å². The van der Waals surface area contributed by atoms with Gasteiger partial charge in [0.25, 0.3) is 0 Å². The van der Waals surface area contributed by atoms with Crippen LogP contribution in [0, 0.1) is 25.7 Å². The van der Waals surface area contributed by atoms with E-state index in [1.54, 1.807) is 48.5 Å². The third kappa shape index (κ3) is 7.44. The van der Waals surface area contributed by atoms with E-state index in [4.69, 9.17) is 0 Å². The molecule has 224 valence electrons. The topological polar surface area (TPSA) is 74.8 Å². The second kappa shape index (κ2) is 13.6. The first-order valence-corrected chi connectivity index (χ1v) is 17.1. The van der Waals surface area contributed by atoms with Crippen molar-refractivity contribution in [2.24, 2.45) is 0 Å². The van der Waals surface area contributed by atoms with Crippen LogP contribution in [0.5, 0.6) is 0 Å². The van der Waals surface area contributed by atoms with Crippen molar-refractivity contribution in [2.45, 2.75) is 30.2 Å². The summed E-state index contributed by atoms with van der Waals surface area (Å²) in [4.78, 5) is 0.476. The largest absolute Gasteiger partial charge is 0.244 e. The number of aryl methyl sites for hydroxylation is 2. The molecule has 0 saturated heterocycles. The van der Waals surface area contributed by atoms with E-state index in [9.17, 15) is 16.8 Å². The molecule has 0 aromatic heterocycles. The molecule has 5 rings (SSSR count). The molecule has 4 aromatic rings. The lowest BCUT2D eigenvalue weighted by Crippen LogP contribution is -2.31. The van der Waals surface area contributed by atoms with Gasteiger partial charge in [0.1, 0.15) is 0 Å². The van der Waals surface area contributed by atoms with Gasteiger partial charge in [-0.3, -0.25) is 0 Å². The molecule has 1 aliphatic rings. The van der Waals surface area contributed by atoms with Crippen molar-refractivity contribution in [3.8, 4) is 11.8 Å². The van der Waals surface area contributed by atoms with E-state index in [2.05, 4.69) is 11.8 Å². The Morgan fingerprint density at radius 1 is 0.773 bits per heavy atom. The molecular weight excluding hydrogens is 589 g/mol. The smallest absolute Gasteiger partial charge is 0.207 e. The second-order valence-corrected chi connectivity index (χ2v) is 14.6. The molecule has 0 fully saturated rings. The molecule has 0 bridgehead atoms. The van der Waals surface area contributed by atoms with Crippen LogP contribution in [-0.4, -0.2) is 45.1 Å². The number of sulfonamides is 2. The molecule has 0 unspecified atom stereocenters.